The van der Waals surface area contributed by atoms with Crippen LogP contribution >= 0.6 is 16.1 Å². The minimum atomic E-state index is -0.245. The third-order valence-corrected chi connectivity index (χ3v) is 0.911. The van der Waals surface area contributed by atoms with Crippen LogP contribution in [0, 0.1) is 0 Å². The van der Waals surface area contributed by atoms with Crippen LogP contribution in [-0.4, -0.2) is 13.3 Å². The molecule has 0 fully saturated rings. The van der Waals surface area contributed by atoms with Crippen molar-refractivity contribution in [3.8, 4) is 0 Å². The zero-order valence-corrected chi connectivity index (χ0v) is 5.62. The van der Waals surface area contributed by atoms with E-state index in [9.17, 15) is 0 Å². The van der Waals surface area contributed by atoms with E-state index >= 15 is 0 Å². The van der Waals surface area contributed by atoms with Crippen molar-refractivity contribution >= 4 is 16.1 Å². The van der Waals surface area contributed by atoms with Crippen molar-refractivity contribution in [2.45, 2.75) is 6.29 Å². The minimum Gasteiger partial charge on any atom is -0.302 e. The van der Waals surface area contributed by atoms with Gasteiger partial charge in [0.15, 0.2) is 0 Å². The quantitative estimate of drug-likeness (QED) is 0.245. The predicted molar refractivity (Wildman–Crippen MR) is 32.2 cm³/mol. The van der Waals surface area contributed by atoms with E-state index in [1.165, 1.54) is 0 Å². The molecule has 0 aromatic carbocycles. The van der Waals surface area contributed by atoms with Crippen LogP contribution < -0.4 is 20.9 Å². The summed E-state index contributed by atoms with van der Waals surface area (Å²) in [5, 5.41) is 0. The van der Waals surface area contributed by atoms with Gasteiger partial charge < -0.3 is 5.73 Å². The minimum absolute atomic E-state index is 0.245. The lowest BCUT2D eigenvalue weighted by Gasteiger charge is -2.07. The van der Waals surface area contributed by atoms with E-state index in [-0.39, 0.29) is 6.29 Å². The molecule has 44 valence electrons. The monoisotopic (exact) mass is 168 g/mol. The van der Waals surface area contributed by atoms with E-state index in [2.05, 4.69) is 31.3 Å². The van der Waals surface area contributed by atoms with Gasteiger partial charge in [-0.2, -0.15) is 0 Å². The van der Waals surface area contributed by atoms with Gasteiger partial charge in [0.1, 0.15) is 6.29 Å². The van der Waals surface area contributed by atoms with Crippen molar-refractivity contribution in [2.75, 3.05) is 7.05 Å². The normalized spacial score (nSPS) is 14.1. The summed E-state index contributed by atoms with van der Waals surface area (Å²) in [5.74, 6) is 0. The standard InChI is InChI=1S/C2H9BrN4/c1-5-7-2(4)6-3/h2,5-7H,4H2,1H3. The van der Waals surface area contributed by atoms with Crippen molar-refractivity contribution in [3.05, 3.63) is 0 Å². The van der Waals surface area contributed by atoms with Gasteiger partial charge in [-0.25, -0.2) is 9.77 Å². The Morgan fingerprint density at radius 2 is 2.29 bits per heavy atom. The maximum Gasteiger partial charge on any atom is 0.131 e. The zero-order valence-electron chi connectivity index (χ0n) is 4.03. The van der Waals surface area contributed by atoms with Crippen LogP contribution in [0.15, 0.2) is 0 Å². The summed E-state index contributed by atoms with van der Waals surface area (Å²) in [6.07, 6.45) is -0.245. The molecule has 1 unspecified atom stereocenters. The molecule has 0 aliphatic rings. The maximum atomic E-state index is 5.25. The fraction of sp³-hybridized carbons (Fsp3) is 1.00. The average molecular weight is 169 g/mol. The fourth-order valence-corrected chi connectivity index (χ4v) is 0.297. The predicted octanol–water partition coefficient (Wildman–Crippen LogP) is -1.15. The number of rotatable bonds is 3. The summed E-state index contributed by atoms with van der Waals surface area (Å²) in [6, 6.07) is 0. The Kier molecular flexibility index (Phi) is 4.68. The smallest absolute Gasteiger partial charge is 0.131 e. The number of halogens is 1. The molecule has 0 aliphatic carbocycles. The molecule has 0 saturated heterocycles. The van der Waals surface area contributed by atoms with E-state index in [4.69, 9.17) is 5.73 Å². The van der Waals surface area contributed by atoms with Gasteiger partial charge in [-0.15, -0.1) is 0 Å². The highest BCUT2D eigenvalue weighted by Gasteiger charge is 1.89. The molecule has 0 bridgehead atoms. The summed E-state index contributed by atoms with van der Waals surface area (Å²) in [6.45, 7) is 0. The highest BCUT2D eigenvalue weighted by atomic mass is 79.9. The Hall–Kier alpha value is 0.320. The molecule has 0 aromatic rings. The largest absolute Gasteiger partial charge is 0.302 e. The summed E-state index contributed by atoms with van der Waals surface area (Å²) < 4.78 is 2.58. The molecule has 0 aromatic heterocycles. The van der Waals surface area contributed by atoms with Gasteiger partial charge in [-0.3, -0.25) is 5.43 Å². The number of hydrogen-bond acceptors (Lipinski definition) is 4. The molecular weight excluding hydrogens is 160 g/mol. The van der Waals surface area contributed by atoms with Crippen LogP contribution in [0.3, 0.4) is 0 Å². The lowest BCUT2D eigenvalue weighted by molar-refractivity contribution is 0.465. The van der Waals surface area contributed by atoms with E-state index in [0.717, 1.165) is 0 Å². The number of nitrogens with one attached hydrogen (secondary N) is 3. The highest BCUT2D eigenvalue weighted by Crippen LogP contribution is 1.64. The van der Waals surface area contributed by atoms with Gasteiger partial charge in [-0.05, 0) is 7.05 Å². The molecule has 0 spiro atoms. The van der Waals surface area contributed by atoms with E-state index < -0.39 is 0 Å². The number of hydrazine groups is 1. The second kappa shape index (κ2) is 4.48. The maximum absolute atomic E-state index is 5.25. The van der Waals surface area contributed by atoms with Gasteiger partial charge >= 0.3 is 0 Å². The summed E-state index contributed by atoms with van der Waals surface area (Å²) in [4.78, 5) is 0. The number of hydrogen-bond donors (Lipinski definition) is 4. The van der Waals surface area contributed by atoms with Crippen LogP contribution in [0.2, 0.25) is 0 Å². The van der Waals surface area contributed by atoms with Crippen molar-refractivity contribution in [2.24, 2.45) is 5.73 Å². The Balaban J connectivity index is 2.83. The van der Waals surface area contributed by atoms with Gasteiger partial charge in [0.2, 0.25) is 0 Å². The summed E-state index contributed by atoms with van der Waals surface area (Å²) >= 11 is 2.94. The van der Waals surface area contributed by atoms with Gasteiger partial charge in [0, 0.05) is 16.1 Å². The zero-order chi connectivity index (χ0) is 5.70. The van der Waals surface area contributed by atoms with Crippen LogP contribution in [0.1, 0.15) is 0 Å². The van der Waals surface area contributed by atoms with Gasteiger partial charge in [-0.1, -0.05) is 0 Å². The van der Waals surface area contributed by atoms with Crippen LogP contribution in [0.5, 0.6) is 0 Å². The molecule has 7 heavy (non-hydrogen) atoms. The second-order valence-electron chi connectivity index (χ2n) is 0.981. The average Bonchev–Trinajstić information content (AvgIpc) is 1.68. The molecule has 0 radical (unpaired) electrons. The topological polar surface area (TPSA) is 62.1 Å². The van der Waals surface area contributed by atoms with Gasteiger partial charge in [0.25, 0.3) is 0 Å². The molecule has 0 saturated carbocycles. The van der Waals surface area contributed by atoms with Crippen molar-refractivity contribution in [1.82, 2.24) is 15.2 Å². The van der Waals surface area contributed by atoms with Gasteiger partial charge in [0.05, 0.1) is 0 Å². The SMILES string of the molecule is CNNC(N)NBr. The molecule has 0 amide bonds. The first kappa shape index (κ1) is 7.32. The molecule has 0 aliphatic heterocycles. The third-order valence-electron chi connectivity index (χ3n) is 0.417. The first-order chi connectivity index (χ1) is 3.31. The first-order valence-corrected chi connectivity index (χ1v) is 2.64. The lowest BCUT2D eigenvalue weighted by Crippen LogP contribution is -2.50. The van der Waals surface area contributed by atoms with E-state index in [0.29, 0.717) is 0 Å². The van der Waals surface area contributed by atoms with Crippen LogP contribution in [0.4, 0.5) is 0 Å². The molecule has 4 nitrogen and oxygen atoms in total. The molecular formula is C2H9BrN4. The first-order valence-electron chi connectivity index (χ1n) is 1.85. The molecule has 0 rings (SSSR count). The summed E-state index contributed by atoms with van der Waals surface area (Å²) in [5.41, 5.74) is 10.6. The van der Waals surface area contributed by atoms with E-state index in [1.54, 1.807) is 7.05 Å². The van der Waals surface area contributed by atoms with Crippen LogP contribution in [-0.2, 0) is 0 Å². The molecule has 1 atom stereocenters. The second-order valence-corrected chi connectivity index (χ2v) is 1.44. The summed E-state index contributed by atoms with van der Waals surface area (Å²) in [7, 11) is 1.74. The molecule has 5 heteroatoms. The van der Waals surface area contributed by atoms with Crippen LogP contribution in [0.25, 0.3) is 0 Å². The number of nitrogens with two attached hydrogens (primary N) is 1. The Morgan fingerprint density at radius 1 is 1.71 bits per heavy atom. The Labute approximate surface area is 51.1 Å². The van der Waals surface area contributed by atoms with E-state index in [1.807, 2.05) is 0 Å². The third kappa shape index (κ3) is 4.17. The highest BCUT2D eigenvalue weighted by molar-refractivity contribution is 9.08. The Bertz CT molecular complexity index is 40.7. The molecule has 0 heterocycles. The lowest BCUT2D eigenvalue weighted by atomic mass is 11.0. The fourth-order valence-electron chi connectivity index (χ4n) is 0.183. The van der Waals surface area contributed by atoms with Crippen molar-refractivity contribution < 1.29 is 0 Å². The Morgan fingerprint density at radius 3 is 2.43 bits per heavy atom. The van der Waals surface area contributed by atoms with Crippen molar-refractivity contribution in [3.63, 3.8) is 0 Å². The molecule has 5 N–H and O–H groups in total. The van der Waals surface area contributed by atoms with Crippen molar-refractivity contribution in [1.29, 1.82) is 0 Å².